The maximum absolute atomic E-state index is 4.05. The summed E-state index contributed by atoms with van der Waals surface area (Å²) in [7, 11) is 1.90. The van der Waals surface area contributed by atoms with E-state index in [0.29, 0.717) is 0 Å². The Kier molecular flexibility index (Phi) is 1.20. The molecule has 0 saturated heterocycles. The van der Waals surface area contributed by atoms with Crippen LogP contribution in [0.2, 0.25) is 0 Å². The molecule has 0 spiro atoms. The van der Waals surface area contributed by atoms with E-state index < -0.39 is 0 Å². The first kappa shape index (κ1) is 6.07. The molecule has 0 fully saturated rings. The molecule has 1 aliphatic rings. The van der Waals surface area contributed by atoms with Gasteiger partial charge in [0.05, 0.1) is 12.4 Å². The summed E-state index contributed by atoms with van der Waals surface area (Å²) >= 11 is 0. The Hall–Kier alpha value is -1.67. The van der Waals surface area contributed by atoms with E-state index >= 15 is 0 Å². The van der Waals surface area contributed by atoms with Crippen molar-refractivity contribution in [3.8, 4) is 0 Å². The number of aliphatic imine (C=N–C) groups is 1. The minimum absolute atomic E-state index is 0.762. The van der Waals surface area contributed by atoms with E-state index in [1.807, 2.05) is 11.9 Å². The van der Waals surface area contributed by atoms with Crippen LogP contribution >= 0.6 is 0 Å². The maximum Gasteiger partial charge on any atom is 0.163 e. The summed E-state index contributed by atoms with van der Waals surface area (Å²) in [5.41, 5.74) is 0.762. The van der Waals surface area contributed by atoms with Crippen LogP contribution in [0, 0.1) is 0 Å². The molecule has 0 aromatic carbocycles. The summed E-state index contributed by atoms with van der Waals surface area (Å²) < 4.78 is 0. The second kappa shape index (κ2) is 2.18. The summed E-state index contributed by atoms with van der Waals surface area (Å²) in [5.74, 6) is 3.55. The van der Waals surface area contributed by atoms with Crippen molar-refractivity contribution >= 4 is 17.4 Å². The molecule has 0 N–H and O–H groups in total. The summed E-state index contributed by atoms with van der Waals surface area (Å²) in [6, 6.07) is 0. The van der Waals surface area contributed by atoms with Gasteiger partial charge in [-0.3, -0.25) is 0 Å². The molecule has 0 saturated carbocycles. The van der Waals surface area contributed by atoms with Gasteiger partial charge in [0.2, 0.25) is 0 Å². The Bertz CT molecular complexity index is 338. The smallest absolute Gasteiger partial charge is 0.163 e. The SMILES string of the molecule is CN1C=C=Nc2cncnc21. The molecule has 0 bridgehead atoms. The molecule has 4 nitrogen and oxygen atoms in total. The van der Waals surface area contributed by atoms with E-state index in [2.05, 4.69) is 20.8 Å². The fourth-order valence-electron chi connectivity index (χ4n) is 0.913. The van der Waals surface area contributed by atoms with Crippen LogP contribution in [0.25, 0.3) is 0 Å². The largest absolute Gasteiger partial charge is 0.326 e. The van der Waals surface area contributed by atoms with Gasteiger partial charge in [-0.15, -0.1) is 0 Å². The summed E-state index contributed by atoms with van der Waals surface area (Å²) in [6.07, 6.45) is 4.90. The second-order valence-electron chi connectivity index (χ2n) is 2.21. The minimum Gasteiger partial charge on any atom is -0.326 e. The predicted octanol–water partition coefficient (Wildman–Crippen LogP) is 0.741. The standard InChI is InChI=1S/C7H6N4/c1-11-3-2-9-6-4-8-5-10-7(6)11/h3-5H,1H3. The van der Waals surface area contributed by atoms with Crippen LogP contribution in [0.4, 0.5) is 11.5 Å². The molecule has 0 amide bonds. The van der Waals surface area contributed by atoms with Crippen molar-refractivity contribution in [2.24, 2.45) is 4.99 Å². The molecular formula is C7H6N4. The first-order chi connectivity index (χ1) is 5.38. The molecule has 11 heavy (non-hydrogen) atoms. The van der Waals surface area contributed by atoms with E-state index in [9.17, 15) is 0 Å². The van der Waals surface area contributed by atoms with Gasteiger partial charge in [0.25, 0.3) is 0 Å². The lowest BCUT2D eigenvalue weighted by molar-refractivity contribution is 1.07. The molecule has 54 valence electrons. The van der Waals surface area contributed by atoms with Gasteiger partial charge in [-0.25, -0.2) is 9.97 Å². The van der Waals surface area contributed by atoms with Gasteiger partial charge >= 0.3 is 0 Å². The number of rotatable bonds is 0. The fraction of sp³-hybridized carbons (Fsp3) is 0.143. The van der Waals surface area contributed by atoms with Crippen LogP contribution in [-0.4, -0.2) is 22.9 Å². The molecular weight excluding hydrogens is 140 g/mol. The van der Waals surface area contributed by atoms with Gasteiger partial charge < -0.3 is 4.90 Å². The predicted molar refractivity (Wildman–Crippen MR) is 42.1 cm³/mol. The Morgan fingerprint density at radius 2 is 2.45 bits per heavy atom. The maximum atomic E-state index is 4.05. The molecule has 1 aliphatic heterocycles. The Balaban J connectivity index is 2.64. The van der Waals surface area contributed by atoms with E-state index in [4.69, 9.17) is 0 Å². The lowest BCUT2D eigenvalue weighted by Crippen LogP contribution is -2.12. The average molecular weight is 146 g/mol. The topological polar surface area (TPSA) is 41.4 Å². The van der Waals surface area contributed by atoms with Gasteiger partial charge in [-0.05, 0) is 0 Å². The minimum atomic E-state index is 0.762. The van der Waals surface area contributed by atoms with Crippen LogP contribution in [0.1, 0.15) is 0 Å². The molecule has 2 heterocycles. The van der Waals surface area contributed by atoms with Crippen LogP contribution in [0.15, 0.2) is 23.7 Å². The Morgan fingerprint density at radius 3 is 3.27 bits per heavy atom. The van der Waals surface area contributed by atoms with Gasteiger partial charge in [-0.2, -0.15) is 4.99 Å². The number of hydrogen-bond donors (Lipinski definition) is 0. The quantitative estimate of drug-likeness (QED) is 0.542. The van der Waals surface area contributed by atoms with Crippen LogP contribution in [-0.2, 0) is 0 Å². The third-order valence-corrected chi connectivity index (χ3v) is 1.44. The zero-order valence-electron chi connectivity index (χ0n) is 6.02. The Labute approximate surface area is 63.9 Å². The molecule has 0 aliphatic carbocycles. The zero-order valence-corrected chi connectivity index (χ0v) is 6.02. The van der Waals surface area contributed by atoms with Crippen molar-refractivity contribution in [2.45, 2.75) is 0 Å². The Morgan fingerprint density at radius 1 is 1.55 bits per heavy atom. The summed E-state index contributed by atoms with van der Waals surface area (Å²) in [4.78, 5) is 13.7. The highest BCUT2D eigenvalue weighted by atomic mass is 15.2. The molecule has 1 aromatic rings. The van der Waals surface area contributed by atoms with Gasteiger partial charge in [-0.1, -0.05) is 0 Å². The third kappa shape index (κ3) is 0.893. The fourth-order valence-corrected chi connectivity index (χ4v) is 0.913. The van der Waals surface area contributed by atoms with E-state index in [1.54, 1.807) is 12.4 Å². The molecule has 1 aromatic heterocycles. The van der Waals surface area contributed by atoms with Crippen LogP contribution in [0.5, 0.6) is 0 Å². The molecule has 0 radical (unpaired) electrons. The number of fused-ring (bicyclic) bond motifs is 1. The normalized spacial score (nSPS) is 13.4. The van der Waals surface area contributed by atoms with Gasteiger partial charge in [0.1, 0.15) is 12.0 Å². The monoisotopic (exact) mass is 146 g/mol. The highest BCUT2D eigenvalue weighted by Crippen LogP contribution is 2.24. The van der Waals surface area contributed by atoms with Gasteiger partial charge in [0.15, 0.2) is 5.82 Å². The summed E-state index contributed by atoms with van der Waals surface area (Å²) in [6.45, 7) is 0. The molecule has 2 rings (SSSR count). The van der Waals surface area contributed by atoms with Crippen molar-refractivity contribution < 1.29 is 0 Å². The number of hydrogen-bond acceptors (Lipinski definition) is 4. The zero-order chi connectivity index (χ0) is 7.68. The highest BCUT2D eigenvalue weighted by molar-refractivity contribution is 5.75. The number of aromatic nitrogens is 2. The van der Waals surface area contributed by atoms with Crippen molar-refractivity contribution in [1.29, 1.82) is 0 Å². The van der Waals surface area contributed by atoms with Crippen molar-refractivity contribution in [2.75, 3.05) is 11.9 Å². The average Bonchev–Trinajstić information content (AvgIpc) is 2.06. The van der Waals surface area contributed by atoms with Crippen molar-refractivity contribution in [3.05, 3.63) is 18.7 Å². The van der Waals surface area contributed by atoms with E-state index in [0.717, 1.165) is 11.5 Å². The number of nitrogens with zero attached hydrogens (tertiary/aromatic N) is 4. The molecule has 0 unspecified atom stereocenters. The lowest BCUT2D eigenvalue weighted by Gasteiger charge is -2.14. The third-order valence-electron chi connectivity index (χ3n) is 1.44. The van der Waals surface area contributed by atoms with Crippen molar-refractivity contribution in [1.82, 2.24) is 9.97 Å². The van der Waals surface area contributed by atoms with E-state index in [-0.39, 0.29) is 0 Å². The molecule has 0 atom stereocenters. The summed E-state index contributed by atoms with van der Waals surface area (Å²) in [5, 5.41) is 0. The van der Waals surface area contributed by atoms with Gasteiger partial charge in [0, 0.05) is 12.9 Å². The van der Waals surface area contributed by atoms with Crippen molar-refractivity contribution in [3.63, 3.8) is 0 Å². The molecule has 4 heteroatoms. The van der Waals surface area contributed by atoms with E-state index in [1.165, 1.54) is 6.33 Å². The first-order valence-corrected chi connectivity index (χ1v) is 3.20. The highest BCUT2D eigenvalue weighted by Gasteiger charge is 2.07. The van der Waals surface area contributed by atoms with Crippen LogP contribution in [0.3, 0.4) is 0 Å². The second-order valence-corrected chi connectivity index (χ2v) is 2.21. The number of anilines is 1. The first-order valence-electron chi connectivity index (χ1n) is 3.20. The van der Waals surface area contributed by atoms with Crippen LogP contribution < -0.4 is 4.90 Å². The lowest BCUT2D eigenvalue weighted by atomic mass is 10.4.